The number of carbonyl (C=O) groups is 1. The van der Waals surface area contributed by atoms with Crippen LogP contribution in [0, 0.1) is 13.8 Å². The number of anilines is 1. The Morgan fingerprint density at radius 1 is 1.06 bits per heavy atom. The molecule has 1 fully saturated rings. The molecule has 1 N–H and O–H groups in total. The Morgan fingerprint density at radius 3 is 2.53 bits per heavy atom. The second kappa shape index (κ2) is 8.92. The third kappa shape index (κ3) is 4.75. The number of likely N-dealkylation sites (tertiary alicyclic amines) is 1. The molecule has 5 heterocycles. The number of fused-ring (bicyclic) bond motifs is 2. The van der Waals surface area contributed by atoms with Gasteiger partial charge in [0, 0.05) is 37.6 Å². The lowest BCUT2D eigenvalue weighted by molar-refractivity contribution is 0.0210. The van der Waals surface area contributed by atoms with Gasteiger partial charge in [-0.2, -0.15) is 0 Å². The molecule has 188 valence electrons. The Balaban J connectivity index is 1.37. The molecule has 4 aromatic heterocycles. The lowest BCUT2D eigenvalue weighted by Crippen LogP contribution is -2.44. The molecular formula is C26H31N7O3. The van der Waals surface area contributed by atoms with Crippen LogP contribution >= 0.6 is 0 Å². The van der Waals surface area contributed by atoms with E-state index in [-0.39, 0.29) is 17.7 Å². The topological polar surface area (TPSA) is 106 Å². The molecular weight excluding hydrogens is 458 g/mol. The molecule has 0 spiro atoms. The van der Waals surface area contributed by atoms with Gasteiger partial charge in [-0.1, -0.05) is 6.07 Å². The van der Waals surface area contributed by atoms with E-state index < -0.39 is 5.60 Å². The summed E-state index contributed by atoms with van der Waals surface area (Å²) in [6.45, 7) is 10.6. The van der Waals surface area contributed by atoms with Crippen LogP contribution in [0.2, 0.25) is 0 Å². The first-order chi connectivity index (χ1) is 17.1. The summed E-state index contributed by atoms with van der Waals surface area (Å²) in [5.41, 5.74) is 3.43. The summed E-state index contributed by atoms with van der Waals surface area (Å²) in [6, 6.07) is 7.20. The van der Waals surface area contributed by atoms with Gasteiger partial charge in [-0.15, -0.1) is 0 Å². The van der Waals surface area contributed by atoms with Gasteiger partial charge in [-0.05, 0) is 59.6 Å². The summed E-state index contributed by atoms with van der Waals surface area (Å²) >= 11 is 0. The van der Waals surface area contributed by atoms with E-state index in [1.165, 1.54) is 6.07 Å². The number of carbonyl (C=O) groups excluding carboxylic acids is 1. The first-order valence-corrected chi connectivity index (χ1v) is 12.2. The van der Waals surface area contributed by atoms with Crippen molar-refractivity contribution in [3.05, 3.63) is 58.4 Å². The Labute approximate surface area is 209 Å². The average Bonchev–Trinajstić information content (AvgIpc) is 3.19. The van der Waals surface area contributed by atoms with E-state index in [9.17, 15) is 9.59 Å². The highest BCUT2D eigenvalue weighted by Crippen LogP contribution is 2.21. The van der Waals surface area contributed by atoms with E-state index in [0.717, 1.165) is 29.9 Å². The van der Waals surface area contributed by atoms with E-state index in [4.69, 9.17) is 9.72 Å². The van der Waals surface area contributed by atoms with Crippen molar-refractivity contribution in [3.8, 4) is 11.4 Å². The lowest BCUT2D eigenvalue weighted by Gasteiger charge is -2.34. The molecule has 0 saturated carbocycles. The van der Waals surface area contributed by atoms with Crippen molar-refractivity contribution in [2.24, 2.45) is 0 Å². The van der Waals surface area contributed by atoms with E-state index in [1.54, 1.807) is 9.30 Å². The number of imidazole rings is 1. The highest BCUT2D eigenvalue weighted by molar-refractivity contribution is 5.68. The summed E-state index contributed by atoms with van der Waals surface area (Å²) in [6.07, 6.45) is 5.00. The zero-order chi connectivity index (χ0) is 25.6. The second-order valence-corrected chi connectivity index (χ2v) is 10.3. The Bertz CT molecular complexity index is 1510. The molecule has 10 heteroatoms. The summed E-state index contributed by atoms with van der Waals surface area (Å²) in [4.78, 5) is 41.2. The molecule has 10 nitrogen and oxygen atoms in total. The second-order valence-electron chi connectivity index (χ2n) is 10.3. The van der Waals surface area contributed by atoms with Crippen molar-refractivity contribution >= 4 is 23.2 Å². The van der Waals surface area contributed by atoms with Gasteiger partial charge in [0.25, 0.3) is 5.56 Å². The molecule has 0 bridgehead atoms. The number of pyridine rings is 1. The quantitative estimate of drug-likeness (QED) is 0.466. The summed E-state index contributed by atoms with van der Waals surface area (Å²) in [7, 11) is 0. The molecule has 36 heavy (non-hydrogen) atoms. The fourth-order valence-corrected chi connectivity index (χ4v) is 4.54. The highest BCUT2D eigenvalue weighted by atomic mass is 16.6. The van der Waals surface area contributed by atoms with Crippen molar-refractivity contribution in [1.29, 1.82) is 0 Å². The molecule has 1 amide bonds. The van der Waals surface area contributed by atoms with Gasteiger partial charge in [0.1, 0.15) is 22.8 Å². The van der Waals surface area contributed by atoms with Gasteiger partial charge in [-0.25, -0.2) is 24.1 Å². The maximum absolute atomic E-state index is 13.2. The number of piperidine rings is 1. The molecule has 4 aromatic rings. The van der Waals surface area contributed by atoms with Crippen LogP contribution in [0.4, 0.5) is 10.6 Å². The summed E-state index contributed by atoms with van der Waals surface area (Å²) in [5, 5.41) is 3.48. The fraction of sp³-hybridized carbons (Fsp3) is 0.423. The van der Waals surface area contributed by atoms with Gasteiger partial charge in [-0.3, -0.25) is 4.79 Å². The van der Waals surface area contributed by atoms with Crippen LogP contribution in [0.5, 0.6) is 0 Å². The van der Waals surface area contributed by atoms with Crippen molar-refractivity contribution in [2.75, 3.05) is 18.4 Å². The minimum Gasteiger partial charge on any atom is -0.444 e. The Morgan fingerprint density at radius 2 is 1.81 bits per heavy atom. The number of aromatic nitrogens is 5. The maximum Gasteiger partial charge on any atom is 0.410 e. The van der Waals surface area contributed by atoms with Crippen LogP contribution in [0.3, 0.4) is 0 Å². The average molecular weight is 490 g/mol. The van der Waals surface area contributed by atoms with Gasteiger partial charge in [0.2, 0.25) is 0 Å². The first-order valence-electron chi connectivity index (χ1n) is 12.2. The van der Waals surface area contributed by atoms with Crippen molar-refractivity contribution in [2.45, 2.75) is 59.1 Å². The third-order valence-corrected chi connectivity index (χ3v) is 6.17. The number of hydrogen-bond donors (Lipinski definition) is 1. The smallest absolute Gasteiger partial charge is 0.410 e. The SMILES string of the molecule is Cc1cn2cc(-c3cc(=O)n4c(NC5CCN(C(=O)OC(C)(C)C)CC5)cccc4n3)nc(C)c2n1. The largest absolute Gasteiger partial charge is 0.444 e. The molecule has 0 radical (unpaired) electrons. The van der Waals surface area contributed by atoms with Gasteiger partial charge in [0.05, 0.1) is 17.1 Å². The van der Waals surface area contributed by atoms with Crippen LogP contribution in [-0.2, 0) is 4.74 Å². The van der Waals surface area contributed by atoms with E-state index in [0.29, 0.717) is 35.9 Å². The first kappa shape index (κ1) is 23.8. The monoisotopic (exact) mass is 489 g/mol. The zero-order valence-electron chi connectivity index (χ0n) is 21.3. The van der Waals surface area contributed by atoms with Crippen LogP contribution in [-0.4, -0.2) is 59.5 Å². The van der Waals surface area contributed by atoms with Gasteiger partial charge < -0.3 is 19.4 Å². The summed E-state index contributed by atoms with van der Waals surface area (Å²) in [5.74, 6) is 0.678. The minimum atomic E-state index is -0.514. The number of nitrogens with one attached hydrogen (secondary N) is 1. The van der Waals surface area contributed by atoms with Gasteiger partial charge in [0.15, 0.2) is 5.65 Å². The lowest BCUT2D eigenvalue weighted by atomic mass is 10.1. The molecule has 0 aromatic carbocycles. The van der Waals surface area contributed by atoms with Crippen molar-refractivity contribution in [3.63, 3.8) is 0 Å². The van der Waals surface area contributed by atoms with Crippen LogP contribution < -0.4 is 10.9 Å². The zero-order valence-corrected chi connectivity index (χ0v) is 21.3. The standard InChI is InChI=1S/C26H31N7O3/c1-16-14-32-15-20(28-17(2)24(32)27-16)19-13-23(34)33-21(7-6-8-22(33)30-19)29-18-9-11-31(12-10-18)25(35)36-26(3,4)5/h6-8,13-15,18,29H,9-12H2,1-5H3. The number of ether oxygens (including phenoxy) is 1. The predicted octanol–water partition coefficient (Wildman–Crippen LogP) is 3.83. The molecule has 1 aliphatic rings. The highest BCUT2D eigenvalue weighted by Gasteiger charge is 2.27. The predicted molar refractivity (Wildman–Crippen MR) is 137 cm³/mol. The summed E-state index contributed by atoms with van der Waals surface area (Å²) < 4.78 is 8.98. The Kier molecular flexibility index (Phi) is 5.89. The van der Waals surface area contributed by atoms with Crippen LogP contribution in [0.1, 0.15) is 45.0 Å². The Hall–Kier alpha value is -3.95. The number of amides is 1. The van der Waals surface area contributed by atoms with Crippen LogP contribution in [0.15, 0.2) is 41.5 Å². The molecule has 1 aliphatic heterocycles. The van der Waals surface area contributed by atoms with Gasteiger partial charge >= 0.3 is 6.09 Å². The molecule has 0 atom stereocenters. The maximum atomic E-state index is 13.2. The van der Waals surface area contributed by atoms with Crippen molar-refractivity contribution < 1.29 is 9.53 Å². The molecule has 1 saturated heterocycles. The molecule has 0 aliphatic carbocycles. The van der Waals surface area contributed by atoms with E-state index in [2.05, 4.69) is 15.3 Å². The third-order valence-electron chi connectivity index (χ3n) is 6.17. The van der Waals surface area contributed by atoms with E-state index >= 15 is 0 Å². The number of nitrogens with zero attached hydrogens (tertiary/aromatic N) is 6. The molecule has 5 rings (SSSR count). The number of aryl methyl sites for hydroxylation is 2. The van der Waals surface area contributed by atoms with Crippen molar-refractivity contribution in [1.82, 2.24) is 28.7 Å². The van der Waals surface area contributed by atoms with Crippen LogP contribution in [0.25, 0.3) is 22.7 Å². The molecule has 0 unspecified atom stereocenters. The number of rotatable bonds is 3. The fourth-order valence-electron chi connectivity index (χ4n) is 4.54. The normalized spacial score (nSPS) is 15.0. The van der Waals surface area contributed by atoms with E-state index in [1.807, 2.05) is 69.6 Å². The number of hydrogen-bond acceptors (Lipinski definition) is 7. The minimum absolute atomic E-state index is 0.122.